The lowest BCUT2D eigenvalue weighted by Crippen LogP contribution is -2.35. The van der Waals surface area contributed by atoms with Crippen molar-refractivity contribution in [2.45, 2.75) is 6.61 Å². The number of carbonyl (C=O) groups is 2. The number of rotatable bonds is 6. The molecule has 162 valence electrons. The molecule has 6 nitrogen and oxygen atoms in total. The van der Waals surface area contributed by atoms with Crippen molar-refractivity contribution in [1.29, 1.82) is 0 Å². The molecule has 1 aliphatic rings. The van der Waals surface area contributed by atoms with Gasteiger partial charge in [0.2, 0.25) is 0 Å². The summed E-state index contributed by atoms with van der Waals surface area (Å²) >= 11 is 6.93. The van der Waals surface area contributed by atoms with E-state index in [1.54, 1.807) is 36.4 Å². The first-order chi connectivity index (χ1) is 15.5. The molecule has 4 rings (SSSR count). The van der Waals surface area contributed by atoms with Crippen molar-refractivity contribution in [2.75, 3.05) is 12.1 Å². The topological polar surface area (TPSA) is 67.9 Å². The molecule has 32 heavy (non-hydrogen) atoms. The lowest BCUT2D eigenvalue weighted by molar-refractivity contribution is -0.117. The summed E-state index contributed by atoms with van der Waals surface area (Å²) in [6, 6.07) is 20.2. The molecule has 0 radical (unpaired) electrons. The molecule has 0 aromatic heterocycles. The molecule has 0 bridgehead atoms. The van der Waals surface area contributed by atoms with Crippen LogP contribution < -0.4 is 19.9 Å². The first-order valence-electron chi connectivity index (χ1n) is 9.63. The van der Waals surface area contributed by atoms with E-state index in [0.29, 0.717) is 33.8 Å². The molecule has 1 fully saturated rings. The standard InChI is InChI=1S/C24H18Br2N2O4/c1-31-21-12-16(20(26)13-22(21)32-14-15-7-9-17(25)10-8-15)11-19-23(29)27-28(24(19)30)18-5-3-2-4-6-18/h2-13H,14H2,1H3,(H,27,29)/b19-11-. The number of para-hydroxylation sites is 1. The normalized spacial score (nSPS) is 14.6. The summed E-state index contributed by atoms with van der Waals surface area (Å²) in [7, 11) is 1.54. The van der Waals surface area contributed by atoms with Gasteiger partial charge in [-0.3, -0.25) is 15.0 Å². The van der Waals surface area contributed by atoms with Gasteiger partial charge in [0, 0.05) is 8.95 Å². The fourth-order valence-electron chi connectivity index (χ4n) is 3.15. The Morgan fingerprint density at radius 3 is 2.38 bits per heavy atom. The second kappa shape index (κ2) is 9.58. The molecule has 3 aromatic carbocycles. The monoisotopic (exact) mass is 556 g/mol. The third-order valence-corrected chi connectivity index (χ3v) is 6.01. The van der Waals surface area contributed by atoms with E-state index in [9.17, 15) is 9.59 Å². The van der Waals surface area contributed by atoms with E-state index >= 15 is 0 Å². The van der Waals surface area contributed by atoms with Gasteiger partial charge in [0.1, 0.15) is 12.2 Å². The number of nitrogens with one attached hydrogen (secondary N) is 1. The summed E-state index contributed by atoms with van der Waals surface area (Å²) in [6.45, 7) is 0.365. The second-order valence-corrected chi connectivity index (χ2v) is 8.68. The second-order valence-electron chi connectivity index (χ2n) is 6.91. The maximum atomic E-state index is 12.8. The van der Waals surface area contributed by atoms with Gasteiger partial charge in [0.15, 0.2) is 11.5 Å². The molecule has 2 amide bonds. The van der Waals surface area contributed by atoms with Crippen LogP contribution in [-0.2, 0) is 16.2 Å². The molecule has 1 saturated heterocycles. The van der Waals surface area contributed by atoms with Gasteiger partial charge in [-0.15, -0.1) is 0 Å². The summed E-state index contributed by atoms with van der Waals surface area (Å²) in [4.78, 5) is 25.3. The zero-order chi connectivity index (χ0) is 22.7. The van der Waals surface area contributed by atoms with Crippen LogP contribution in [-0.4, -0.2) is 18.9 Å². The zero-order valence-corrected chi connectivity index (χ0v) is 20.1. The molecule has 8 heteroatoms. The van der Waals surface area contributed by atoms with Crippen molar-refractivity contribution in [3.63, 3.8) is 0 Å². The maximum absolute atomic E-state index is 12.8. The molecule has 3 aromatic rings. The van der Waals surface area contributed by atoms with Gasteiger partial charge in [0.05, 0.1) is 12.8 Å². The fourth-order valence-corrected chi connectivity index (χ4v) is 3.85. The van der Waals surface area contributed by atoms with Crippen LogP contribution in [0.4, 0.5) is 5.69 Å². The number of benzene rings is 3. The number of hydrogen-bond acceptors (Lipinski definition) is 4. The van der Waals surface area contributed by atoms with Crippen LogP contribution >= 0.6 is 31.9 Å². The average Bonchev–Trinajstić information content (AvgIpc) is 3.09. The Morgan fingerprint density at radius 1 is 0.969 bits per heavy atom. The molecule has 0 aliphatic carbocycles. The Labute approximate surface area is 202 Å². The number of methoxy groups -OCH3 is 1. The highest BCUT2D eigenvalue weighted by atomic mass is 79.9. The van der Waals surface area contributed by atoms with Gasteiger partial charge < -0.3 is 9.47 Å². The third kappa shape index (κ3) is 4.71. The van der Waals surface area contributed by atoms with E-state index in [2.05, 4.69) is 37.3 Å². The van der Waals surface area contributed by atoms with Crippen molar-refractivity contribution in [1.82, 2.24) is 5.43 Å². The van der Waals surface area contributed by atoms with Crippen LogP contribution in [0.5, 0.6) is 11.5 Å². The Morgan fingerprint density at radius 2 is 1.69 bits per heavy atom. The van der Waals surface area contributed by atoms with Crippen molar-refractivity contribution >= 4 is 55.4 Å². The van der Waals surface area contributed by atoms with E-state index in [4.69, 9.17) is 9.47 Å². The van der Waals surface area contributed by atoms with Crippen molar-refractivity contribution in [3.05, 3.63) is 92.4 Å². The molecule has 0 atom stereocenters. The van der Waals surface area contributed by atoms with Gasteiger partial charge in [0.25, 0.3) is 11.8 Å². The highest BCUT2D eigenvalue weighted by molar-refractivity contribution is 9.10. The summed E-state index contributed by atoms with van der Waals surface area (Å²) in [5.74, 6) is 0.128. The number of amides is 2. The van der Waals surface area contributed by atoms with E-state index in [1.807, 2.05) is 30.3 Å². The number of ether oxygens (including phenoxy) is 2. The first-order valence-corrected chi connectivity index (χ1v) is 11.2. The molecular weight excluding hydrogens is 540 g/mol. The Balaban J connectivity index is 1.58. The smallest absolute Gasteiger partial charge is 0.282 e. The van der Waals surface area contributed by atoms with E-state index in [1.165, 1.54) is 18.2 Å². The van der Waals surface area contributed by atoms with Gasteiger partial charge in [-0.25, -0.2) is 5.01 Å². The molecule has 1 aliphatic heterocycles. The van der Waals surface area contributed by atoms with Crippen LogP contribution in [0.15, 0.2) is 81.2 Å². The highest BCUT2D eigenvalue weighted by Crippen LogP contribution is 2.35. The number of anilines is 1. The first kappa shape index (κ1) is 22.1. The lowest BCUT2D eigenvalue weighted by atomic mass is 10.1. The van der Waals surface area contributed by atoms with Crippen LogP contribution in [0, 0.1) is 0 Å². The largest absolute Gasteiger partial charge is 0.493 e. The number of hydrogen-bond donors (Lipinski definition) is 1. The minimum absolute atomic E-state index is 0.0279. The molecular formula is C24H18Br2N2O4. The molecule has 0 unspecified atom stereocenters. The van der Waals surface area contributed by atoms with Crippen LogP contribution in [0.3, 0.4) is 0 Å². The van der Waals surface area contributed by atoms with E-state index in [0.717, 1.165) is 10.0 Å². The van der Waals surface area contributed by atoms with Gasteiger partial charge >= 0.3 is 0 Å². The van der Waals surface area contributed by atoms with Gasteiger partial charge in [-0.2, -0.15) is 0 Å². The van der Waals surface area contributed by atoms with Crippen molar-refractivity contribution < 1.29 is 19.1 Å². The maximum Gasteiger partial charge on any atom is 0.282 e. The van der Waals surface area contributed by atoms with Crippen molar-refractivity contribution in [2.24, 2.45) is 0 Å². The minimum Gasteiger partial charge on any atom is -0.493 e. The van der Waals surface area contributed by atoms with Crippen LogP contribution in [0.1, 0.15) is 11.1 Å². The number of halogens is 2. The fraction of sp³-hybridized carbons (Fsp3) is 0.0833. The van der Waals surface area contributed by atoms with Crippen LogP contribution in [0.25, 0.3) is 6.08 Å². The lowest BCUT2D eigenvalue weighted by Gasteiger charge is -2.14. The predicted octanol–water partition coefficient (Wildman–Crippen LogP) is 5.26. The Bertz CT molecular complexity index is 1190. The average molecular weight is 558 g/mol. The number of carbonyl (C=O) groups excluding carboxylic acids is 2. The molecule has 1 heterocycles. The SMILES string of the molecule is COc1cc(/C=C2/C(=O)NN(c3ccccc3)C2=O)c(Br)cc1OCc1ccc(Br)cc1. The summed E-state index contributed by atoms with van der Waals surface area (Å²) in [5, 5.41) is 1.23. The quantitative estimate of drug-likeness (QED) is 0.331. The summed E-state index contributed by atoms with van der Waals surface area (Å²) < 4.78 is 13.1. The van der Waals surface area contributed by atoms with E-state index < -0.39 is 11.8 Å². The molecule has 0 spiro atoms. The summed E-state index contributed by atoms with van der Waals surface area (Å²) in [6.07, 6.45) is 1.53. The summed E-state index contributed by atoms with van der Waals surface area (Å²) in [5.41, 5.74) is 4.83. The molecule has 1 N–H and O–H groups in total. The Hall–Kier alpha value is -3.10. The predicted molar refractivity (Wildman–Crippen MR) is 129 cm³/mol. The Kier molecular flexibility index (Phi) is 6.62. The van der Waals surface area contributed by atoms with Crippen molar-refractivity contribution in [3.8, 4) is 11.5 Å². The minimum atomic E-state index is -0.472. The van der Waals surface area contributed by atoms with Gasteiger partial charge in [-0.1, -0.05) is 62.2 Å². The number of hydrazine groups is 1. The third-order valence-electron chi connectivity index (χ3n) is 4.80. The molecule has 0 saturated carbocycles. The highest BCUT2D eigenvalue weighted by Gasteiger charge is 2.34. The van der Waals surface area contributed by atoms with Gasteiger partial charge in [-0.05, 0) is 53.6 Å². The zero-order valence-electron chi connectivity index (χ0n) is 17.0. The number of nitrogens with zero attached hydrogens (tertiary/aromatic N) is 1. The van der Waals surface area contributed by atoms with Crippen LogP contribution in [0.2, 0.25) is 0 Å². The van der Waals surface area contributed by atoms with E-state index in [-0.39, 0.29) is 5.57 Å².